The molecule has 2 rings (SSSR count). The Morgan fingerprint density at radius 1 is 1.17 bits per heavy atom. The third-order valence-electron chi connectivity index (χ3n) is 3.89. The van der Waals surface area contributed by atoms with E-state index in [1.165, 1.54) is 17.7 Å². The number of anilines is 1. The van der Waals surface area contributed by atoms with Gasteiger partial charge in [0.15, 0.2) is 0 Å². The Morgan fingerprint density at radius 2 is 1.89 bits per heavy atom. The number of para-hydroxylation sites is 1. The molecule has 100 valence electrons. The van der Waals surface area contributed by atoms with E-state index in [-0.39, 0.29) is 5.54 Å². The largest absolute Gasteiger partial charge is 0.370 e. The van der Waals surface area contributed by atoms with Crippen LogP contribution in [0.15, 0.2) is 24.3 Å². The van der Waals surface area contributed by atoms with Crippen LogP contribution in [0.25, 0.3) is 0 Å². The van der Waals surface area contributed by atoms with Gasteiger partial charge in [-0.2, -0.15) is 0 Å². The van der Waals surface area contributed by atoms with E-state index < -0.39 is 0 Å². The van der Waals surface area contributed by atoms with Crippen LogP contribution in [0, 0.1) is 0 Å². The zero-order valence-corrected chi connectivity index (χ0v) is 12.2. The fourth-order valence-corrected chi connectivity index (χ4v) is 2.65. The molecule has 0 bridgehead atoms. The first-order chi connectivity index (χ1) is 8.49. The Labute approximate surface area is 111 Å². The maximum absolute atomic E-state index is 3.63. The molecule has 2 heteroatoms. The van der Waals surface area contributed by atoms with Crippen molar-refractivity contribution in [2.24, 2.45) is 0 Å². The summed E-state index contributed by atoms with van der Waals surface area (Å²) >= 11 is 0. The molecule has 0 spiro atoms. The molecule has 0 amide bonds. The molecule has 1 aromatic rings. The first-order valence-corrected chi connectivity index (χ1v) is 7.08. The van der Waals surface area contributed by atoms with E-state index in [2.05, 4.69) is 62.2 Å². The van der Waals surface area contributed by atoms with Crippen LogP contribution in [0.2, 0.25) is 0 Å². The highest BCUT2D eigenvalue weighted by atomic mass is 15.2. The summed E-state index contributed by atoms with van der Waals surface area (Å²) in [7, 11) is 0. The summed E-state index contributed by atoms with van der Waals surface area (Å²) in [6.45, 7) is 12.5. The van der Waals surface area contributed by atoms with Gasteiger partial charge in [-0.25, -0.2) is 0 Å². The second kappa shape index (κ2) is 5.31. The Hall–Kier alpha value is -1.02. The van der Waals surface area contributed by atoms with Crippen LogP contribution in [0.5, 0.6) is 0 Å². The number of hydrogen-bond acceptors (Lipinski definition) is 2. The van der Waals surface area contributed by atoms with Gasteiger partial charge in [-0.05, 0) is 37.8 Å². The van der Waals surface area contributed by atoms with Gasteiger partial charge in [0, 0.05) is 30.9 Å². The van der Waals surface area contributed by atoms with Crippen LogP contribution in [0.4, 0.5) is 5.69 Å². The van der Waals surface area contributed by atoms with Crippen molar-refractivity contribution in [3.8, 4) is 0 Å². The van der Waals surface area contributed by atoms with E-state index in [0.717, 1.165) is 19.6 Å². The second-order valence-corrected chi connectivity index (χ2v) is 6.26. The second-order valence-electron chi connectivity index (χ2n) is 6.26. The van der Waals surface area contributed by atoms with Crippen molar-refractivity contribution < 1.29 is 0 Å². The van der Waals surface area contributed by atoms with E-state index in [4.69, 9.17) is 0 Å². The highest BCUT2D eigenvalue weighted by Gasteiger charge is 2.23. The number of nitrogens with zero attached hydrogens (tertiary/aromatic N) is 1. The molecule has 0 radical (unpaired) electrons. The first kappa shape index (κ1) is 13.4. The lowest BCUT2D eigenvalue weighted by Crippen LogP contribution is -2.39. The molecule has 0 atom stereocenters. The van der Waals surface area contributed by atoms with E-state index in [1.54, 1.807) is 0 Å². The third kappa shape index (κ3) is 3.05. The molecule has 1 heterocycles. The van der Waals surface area contributed by atoms with Gasteiger partial charge in [0.1, 0.15) is 0 Å². The molecule has 1 aliphatic rings. The van der Waals surface area contributed by atoms with Gasteiger partial charge < -0.3 is 10.2 Å². The highest BCUT2D eigenvalue weighted by molar-refractivity contribution is 5.55. The molecule has 0 aromatic heterocycles. The smallest absolute Gasteiger partial charge is 0.0401 e. The molecule has 0 saturated carbocycles. The van der Waals surface area contributed by atoms with E-state index in [1.807, 2.05) is 0 Å². The van der Waals surface area contributed by atoms with Crippen molar-refractivity contribution in [3.05, 3.63) is 29.8 Å². The molecule has 0 aliphatic carbocycles. The Kier molecular flexibility index (Phi) is 3.96. The average molecular weight is 246 g/mol. The maximum Gasteiger partial charge on any atom is 0.0401 e. The monoisotopic (exact) mass is 246 g/mol. The minimum absolute atomic E-state index is 0.265. The molecule has 2 nitrogen and oxygen atoms in total. The Bertz CT molecular complexity index is 396. The Morgan fingerprint density at radius 3 is 2.61 bits per heavy atom. The molecule has 0 unspecified atom stereocenters. The molecule has 1 fully saturated rings. The predicted octanol–water partition coefficient (Wildman–Crippen LogP) is 3.39. The van der Waals surface area contributed by atoms with E-state index in [9.17, 15) is 0 Å². The standard InChI is InChI=1S/C16H26N2/c1-13(2)14-7-5-6-8-15(14)18-11-9-16(3,4)17-10-12-18/h5-8,13,17H,9-12H2,1-4H3. The summed E-state index contributed by atoms with van der Waals surface area (Å²) in [6.07, 6.45) is 1.19. The fourth-order valence-electron chi connectivity index (χ4n) is 2.65. The lowest BCUT2D eigenvalue weighted by molar-refractivity contribution is 0.394. The first-order valence-electron chi connectivity index (χ1n) is 7.08. The SMILES string of the molecule is CC(C)c1ccccc1N1CCNC(C)(C)CC1. The van der Waals surface area contributed by atoms with Gasteiger partial charge in [0.25, 0.3) is 0 Å². The fraction of sp³-hybridized carbons (Fsp3) is 0.625. The van der Waals surface area contributed by atoms with Crippen molar-refractivity contribution in [3.63, 3.8) is 0 Å². The summed E-state index contributed by atoms with van der Waals surface area (Å²) in [5.74, 6) is 0.588. The molecule has 18 heavy (non-hydrogen) atoms. The number of hydrogen-bond donors (Lipinski definition) is 1. The summed E-state index contributed by atoms with van der Waals surface area (Å²) < 4.78 is 0. The molecular weight excluding hydrogens is 220 g/mol. The third-order valence-corrected chi connectivity index (χ3v) is 3.89. The highest BCUT2D eigenvalue weighted by Crippen LogP contribution is 2.28. The molecule has 1 aromatic carbocycles. The Balaban J connectivity index is 2.21. The summed E-state index contributed by atoms with van der Waals surface area (Å²) in [5.41, 5.74) is 3.16. The van der Waals surface area contributed by atoms with Crippen LogP contribution in [0.3, 0.4) is 0 Å². The summed E-state index contributed by atoms with van der Waals surface area (Å²) in [4.78, 5) is 2.54. The number of rotatable bonds is 2. The minimum Gasteiger partial charge on any atom is -0.370 e. The molecule has 1 saturated heterocycles. The van der Waals surface area contributed by atoms with E-state index >= 15 is 0 Å². The van der Waals surface area contributed by atoms with Crippen molar-refractivity contribution in [2.45, 2.75) is 45.6 Å². The van der Waals surface area contributed by atoms with Crippen LogP contribution in [-0.4, -0.2) is 25.2 Å². The van der Waals surface area contributed by atoms with Gasteiger partial charge in [-0.1, -0.05) is 32.0 Å². The summed E-state index contributed by atoms with van der Waals surface area (Å²) in [5, 5.41) is 3.63. The van der Waals surface area contributed by atoms with Gasteiger partial charge >= 0.3 is 0 Å². The zero-order valence-electron chi connectivity index (χ0n) is 12.2. The van der Waals surface area contributed by atoms with Crippen molar-refractivity contribution in [2.75, 3.05) is 24.5 Å². The predicted molar refractivity (Wildman–Crippen MR) is 79.4 cm³/mol. The minimum atomic E-state index is 0.265. The van der Waals surface area contributed by atoms with Crippen molar-refractivity contribution in [1.29, 1.82) is 0 Å². The molecule has 1 N–H and O–H groups in total. The van der Waals surface area contributed by atoms with Gasteiger partial charge in [0.2, 0.25) is 0 Å². The normalized spacial score (nSPS) is 19.9. The van der Waals surface area contributed by atoms with Crippen LogP contribution >= 0.6 is 0 Å². The van der Waals surface area contributed by atoms with Gasteiger partial charge in [0.05, 0.1) is 0 Å². The van der Waals surface area contributed by atoms with Gasteiger partial charge in [-0.3, -0.25) is 0 Å². The maximum atomic E-state index is 3.63. The number of benzene rings is 1. The van der Waals surface area contributed by atoms with Crippen molar-refractivity contribution >= 4 is 5.69 Å². The van der Waals surface area contributed by atoms with Crippen LogP contribution < -0.4 is 10.2 Å². The topological polar surface area (TPSA) is 15.3 Å². The van der Waals surface area contributed by atoms with Crippen molar-refractivity contribution in [1.82, 2.24) is 5.32 Å². The lowest BCUT2D eigenvalue weighted by atomic mass is 9.99. The lowest BCUT2D eigenvalue weighted by Gasteiger charge is -2.27. The van der Waals surface area contributed by atoms with E-state index in [0.29, 0.717) is 5.92 Å². The van der Waals surface area contributed by atoms with Crippen LogP contribution in [0.1, 0.15) is 45.6 Å². The molecular formula is C16H26N2. The van der Waals surface area contributed by atoms with Gasteiger partial charge in [-0.15, -0.1) is 0 Å². The average Bonchev–Trinajstić information content (AvgIpc) is 2.50. The quantitative estimate of drug-likeness (QED) is 0.860. The summed E-state index contributed by atoms with van der Waals surface area (Å²) in [6, 6.07) is 8.85. The van der Waals surface area contributed by atoms with Crippen LogP contribution in [-0.2, 0) is 0 Å². The zero-order chi connectivity index (χ0) is 13.2. The number of nitrogens with one attached hydrogen (secondary N) is 1. The molecule has 1 aliphatic heterocycles.